The molecule has 34 heavy (non-hydrogen) atoms. The van der Waals surface area contributed by atoms with Crippen molar-refractivity contribution in [2.45, 2.75) is 32.4 Å². The Labute approximate surface area is 202 Å². The molecule has 1 aromatic heterocycles. The van der Waals surface area contributed by atoms with Crippen LogP contribution in [0.5, 0.6) is 5.75 Å². The Morgan fingerprint density at radius 1 is 1.24 bits per heavy atom. The summed E-state index contributed by atoms with van der Waals surface area (Å²) in [7, 11) is 1.81. The Morgan fingerprint density at radius 3 is 2.76 bits per heavy atom. The number of aliphatic hydroxyl groups is 1. The van der Waals surface area contributed by atoms with Crippen molar-refractivity contribution in [1.82, 2.24) is 15.3 Å². The molecule has 1 aromatic carbocycles. The highest BCUT2D eigenvalue weighted by atomic mass is 16.5. The first-order valence-corrected chi connectivity index (χ1v) is 12.2. The summed E-state index contributed by atoms with van der Waals surface area (Å²) < 4.78 is 17.1. The van der Waals surface area contributed by atoms with Crippen LogP contribution < -0.4 is 19.9 Å². The van der Waals surface area contributed by atoms with E-state index in [1.165, 1.54) is 0 Å². The van der Waals surface area contributed by atoms with Crippen LogP contribution in [0.25, 0.3) is 11.4 Å². The van der Waals surface area contributed by atoms with Gasteiger partial charge < -0.3 is 34.4 Å². The molecule has 9 heteroatoms. The maximum absolute atomic E-state index is 9.99. The molecule has 2 aromatic rings. The van der Waals surface area contributed by atoms with Gasteiger partial charge in [0, 0.05) is 43.9 Å². The van der Waals surface area contributed by atoms with Gasteiger partial charge in [0.05, 0.1) is 25.9 Å². The van der Waals surface area contributed by atoms with Crippen LogP contribution in [0.15, 0.2) is 24.3 Å². The van der Waals surface area contributed by atoms with Crippen molar-refractivity contribution in [3.63, 3.8) is 0 Å². The second-order valence-corrected chi connectivity index (χ2v) is 8.77. The highest BCUT2D eigenvalue weighted by Crippen LogP contribution is 2.33. The first-order chi connectivity index (χ1) is 16.6. The standard InChI is InChI=1S/C25H37N5O4/c1-4-30(20-8-11-33-16-20)25-18(2)24(29-9-12-32-13-10-29)27-23(28-25)19-6-5-7-22(14-19)34-17-21(31)15-26-3/h5-7,14,20-21,26,31H,4,8-13,15-17H2,1-3H3. The highest BCUT2D eigenvalue weighted by molar-refractivity contribution is 5.68. The number of ether oxygens (including phenoxy) is 3. The Balaban J connectivity index is 1.69. The van der Waals surface area contributed by atoms with Crippen molar-refractivity contribution in [2.24, 2.45) is 0 Å². The highest BCUT2D eigenvalue weighted by Gasteiger charge is 2.28. The maximum atomic E-state index is 9.99. The fraction of sp³-hybridized carbons (Fsp3) is 0.600. The van der Waals surface area contributed by atoms with E-state index in [9.17, 15) is 5.11 Å². The van der Waals surface area contributed by atoms with Crippen molar-refractivity contribution < 1.29 is 19.3 Å². The lowest BCUT2D eigenvalue weighted by Gasteiger charge is -2.33. The zero-order chi connectivity index (χ0) is 23.9. The van der Waals surface area contributed by atoms with Crippen LogP contribution in [0.4, 0.5) is 11.6 Å². The molecule has 0 aliphatic carbocycles. The van der Waals surface area contributed by atoms with E-state index in [1.54, 1.807) is 7.05 Å². The van der Waals surface area contributed by atoms with Gasteiger partial charge in [0.25, 0.3) is 0 Å². The Kier molecular flexibility index (Phi) is 8.55. The summed E-state index contributed by atoms with van der Waals surface area (Å²) in [6, 6.07) is 8.09. The molecule has 2 aliphatic heterocycles. The van der Waals surface area contributed by atoms with Gasteiger partial charge in [-0.25, -0.2) is 9.97 Å². The van der Waals surface area contributed by atoms with E-state index >= 15 is 0 Å². The molecule has 0 radical (unpaired) electrons. The van der Waals surface area contributed by atoms with Gasteiger partial charge >= 0.3 is 0 Å². The number of aliphatic hydroxyl groups excluding tert-OH is 1. The quantitative estimate of drug-likeness (QED) is 0.539. The number of nitrogens with one attached hydrogen (secondary N) is 1. The summed E-state index contributed by atoms with van der Waals surface area (Å²) in [5.74, 6) is 3.26. The summed E-state index contributed by atoms with van der Waals surface area (Å²) in [4.78, 5) is 14.7. The summed E-state index contributed by atoms with van der Waals surface area (Å²) in [6.07, 6.45) is 0.424. The van der Waals surface area contributed by atoms with E-state index in [4.69, 9.17) is 24.2 Å². The maximum Gasteiger partial charge on any atom is 0.164 e. The molecule has 9 nitrogen and oxygen atoms in total. The minimum absolute atomic E-state index is 0.217. The second kappa shape index (κ2) is 11.8. The summed E-state index contributed by atoms with van der Waals surface area (Å²) in [5.41, 5.74) is 1.97. The van der Waals surface area contributed by atoms with Crippen molar-refractivity contribution >= 4 is 11.6 Å². The van der Waals surface area contributed by atoms with E-state index in [1.807, 2.05) is 24.3 Å². The third-order valence-corrected chi connectivity index (χ3v) is 6.34. The van der Waals surface area contributed by atoms with Crippen molar-refractivity contribution in [3.05, 3.63) is 29.8 Å². The third kappa shape index (κ3) is 5.78. The van der Waals surface area contributed by atoms with Crippen LogP contribution >= 0.6 is 0 Å². The van der Waals surface area contributed by atoms with Crippen LogP contribution in [0.1, 0.15) is 18.9 Å². The smallest absolute Gasteiger partial charge is 0.164 e. The average molecular weight is 472 g/mol. The van der Waals surface area contributed by atoms with E-state index in [0.717, 1.165) is 62.0 Å². The number of hydrogen-bond donors (Lipinski definition) is 2. The number of likely N-dealkylation sites (N-methyl/N-ethyl adjacent to an activating group) is 2. The SMILES string of the molecule is CCN(c1nc(-c2cccc(OCC(O)CNC)c2)nc(N2CCOCC2)c1C)C1CCOC1. The normalized spacial score (nSPS) is 19.3. The minimum Gasteiger partial charge on any atom is -0.491 e. The molecule has 0 amide bonds. The Hall–Kier alpha value is -2.46. The largest absolute Gasteiger partial charge is 0.491 e. The molecule has 3 heterocycles. The van der Waals surface area contributed by atoms with Gasteiger partial charge in [-0.05, 0) is 39.4 Å². The van der Waals surface area contributed by atoms with E-state index in [-0.39, 0.29) is 6.61 Å². The average Bonchev–Trinajstić information content (AvgIpc) is 3.40. The number of morpholine rings is 1. The van der Waals surface area contributed by atoms with Gasteiger partial charge in [-0.1, -0.05) is 12.1 Å². The van der Waals surface area contributed by atoms with Crippen LogP contribution in [0.2, 0.25) is 0 Å². The molecular formula is C25H37N5O4. The zero-order valence-corrected chi connectivity index (χ0v) is 20.5. The lowest BCUT2D eigenvalue weighted by atomic mass is 10.1. The van der Waals surface area contributed by atoms with Crippen LogP contribution in [-0.4, -0.2) is 93.5 Å². The summed E-state index contributed by atoms with van der Waals surface area (Å²) in [6.45, 7) is 10.3. The molecule has 0 bridgehead atoms. The number of nitrogens with zero attached hydrogens (tertiary/aromatic N) is 4. The topological polar surface area (TPSA) is 92.2 Å². The number of hydrogen-bond acceptors (Lipinski definition) is 9. The van der Waals surface area contributed by atoms with E-state index in [0.29, 0.717) is 37.4 Å². The van der Waals surface area contributed by atoms with Gasteiger partial charge in [0.2, 0.25) is 0 Å². The fourth-order valence-electron chi connectivity index (χ4n) is 4.55. The van der Waals surface area contributed by atoms with Gasteiger partial charge in [0.15, 0.2) is 5.82 Å². The molecule has 2 fully saturated rings. The molecule has 186 valence electrons. The predicted molar refractivity (Wildman–Crippen MR) is 133 cm³/mol. The summed E-state index contributed by atoms with van der Waals surface area (Å²) >= 11 is 0. The molecular weight excluding hydrogens is 434 g/mol. The Morgan fingerprint density at radius 2 is 2.06 bits per heavy atom. The number of rotatable bonds is 10. The molecule has 2 unspecified atom stereocenters. The molecule has 4 rings (SSSR count). The number of aromatic nitrogens is 2. The molecule has 2 atom stereocenters. The zero-order valence-electron chi connectivity index (χ0n) is 20.5. The second-order valence-electron chi connectivity index (χ2n) is 8.77. The van der Waals surface area contributed by atoms with Gasteiger partial charge in [-0.2, -0.15) is 0 Å². The first kappa shape index (κ1) is 24.7. The van der Waals surface area contributed by atoms with Crippen LogP contribution in [-0.2, 0) is 9.47 Å². The number of benzene rings is 1. The number of anilines is 2. The third-order valence-electron chi connectivity index (χ3n) is 6.34. The molecule has 0 spiro atoms. The minimum atomic E-state index is -0.574. The van der Waals surface area contributed by atoms with Crippen LogP contribution in [0.3, 0.4) is 0 Å². The summed E-state index contributed by atoms with van der Waals surface area (Å²) in [5, 5.41) is 12.9. The van der Waals surface area contributed by atoms with E-state index in [2.05, 4.69) is 29.0 Å². The first-order valence-electron chi connectivity index (χ1n) is 12.2. The van der Waals surface area contributed by atoms with Gasteiger partial charge in [-0.3, -0.25) is 0 Å². The monoisotopic (exact) mass is 471 g/mol. The molecule has 2 saturated heterocycles. The predicted octanol–water partition coefficient (Wildman–Crippen LogP) is 1.86. The Bertz CT molecular complexity index is 932. The fourth-order valence-corrected chi connectivity index (χ4v) is 4.55. The lowest BCUT2D eigenvalue weighted by Crippen LogP contribution is -2.39. The van der Waals surface area contributed by atoms with Crippen LogP contribution in [0, 0.1) is 6.92 Å². The van der Waals surface area contributed by atoms with Gasteiger partial charge in [0.1, 0.15) is 30.1 Å². The molecule has 2 aliphatic rings. The van der Waals surface area contributed by atoms with Crippen molar-refractivity contribution in [2.75, 3.05) is 76.1 Å². The molecule has 2 N–H and O–H groups in total. The van der Waals surface area contributed by atoms with Gasteiger partial charge in [-0.15, -0.1) is 0 Å². The lowest BCUT2D eigenvalue weighted by molar-refractivity contribution is 0.108. The van der Waals surface area contributed by atoms with E-state index < -0.39 is 6.10 Å². The molecule has 0 saturated carbocycles. The van der Waals surface area contributed by atoms with Crippen molar-refractivity contribution in [1.29, 1.82) is 0 Å². The van der Waals surface area contributed by atoms with Crippen molar-refractivity contribution in [3.8, 4) is 17.1 Å².